The lowest BCUT2D eigenvalue weighted by Gasteiger charge is -2.13. The molecule has 0 aliphatic rings. The molecular weight excluding hydrogens is 347 g/mol. The Bertz CT molecular complexity index is 647. The summed E-state index contributed by atoms with van der Waals surface area (Å²) >= 11 is 0. The van der Waals surface area contributed by atoms with Crippen molar-refractivity contribution in [1.29, 1.82) is 0 Å². The summed E-state index contributed by atoms with van der Waals surface area (Å²) in [6.07, 6.45) is -0.620. The number of alkyl halides is 3. The summed E-state index contributed by atoms with van der Waals surface area (Å²) in [4.78, 5) is 0. The third-order valence-electron chi connectivity index (χ3n) is 2.95. The molecule has 2 N–H and O–H groups in total. The highest BCUT2D eigenvalue weighted by molar-refractivity contribution is 5.85. The highest BCUT2D eigenvalue weighted by Gasteiger charge is 2.31. The first kappa shape index (κ1) is 20.1. The van der Waals surface area contributed by atoms with Crippen molar-refractivity contribution in [2.75, 3.05) is 13.2 Å². The molecule has 0 aliphatic heterocycles. The van der Waals surface area contributed by atoms with Crippen LogP contribution in [-0.2, 0) is 6.54 Å². The van der Waals surface area contributed by atoms with E-state index in [0.717, 1.165) is 12.0 Å². The zero-order chi connectivity index (χ0) is 16.9. The van der Waals surface area contributed by atoms with E-state index in [2.05, 4.69) is 9.84 Å². The number of rotatable bonds is 7. The van der Waals surface area contributed by atoms with Crippen molar-refractivity contribution in [3.8, 4) is 22.6 Å². The SMILES string of the molecule is CCCOc1cc(OC(F)(F)F)ccc1-c1cnn(CCN)c1.Cl. The Balaban J connectivity index is 0.00000288. The van der Waals surface area contributed by atoms with Crippen molar-refractivity contribution >= 4 is 12.4 Å². The summed E-state index contributed by atoms with van der Waals surface area (Å²) in [5.41, 5.74) is 6.86. The van der Waals surface area contributed by atoms with E-state index < -0.39 is 6.36 Å². The predicted molar refractivity (Wildman–Crippen MR) is 86.4 cm³/mol. The molecule has 24 heavy (non-hydrogen) atoms. The summed E-state index contributed by atoms with van der Waals surface area (Å²) < 4.78 is 48.2. The van der Waals surface area contributed by atoms with Crippen LogP contribution in [0.5, 0.6) is 11.5 Å². The molecule has 9 heteroatoms. The maximum atomic E-state index is 12.3. The molecule has 0 atom stereocenters. The molecule has 0 saturated heterocycles. The van der Waals surface area contributed by atoms with Crippen LogP contribution in [0.15, 0.2) is 30.6 Å². The zero-order valence-corrected chi connectivity index (χ0v) is 13.9. The lowest BCUT2D eigenvalue weighted by atomic mass is 10.1. The number of benzene rings is 1. The number of hydrogen-bond donors (Lipinski definition) is 1. The van der Waals surface area contributed by atoms with Crippen LogP contribution in [0.4, 0.5) is 13.2 Å². The van der Waals surface area contributed by atoms with Gasteiger partial charge < -0.3 is 15.2 Å². The lowest BCUT2D eigenvalue weighted by Crippen LogP contribution is -2.17. The van der Waals surface area contributed by atoms with E-state index in [1.165, 1.54) is 18.2 Å². The van der Waals surface area contributed by atoms with Crippen molar-refractivity contribution in [1.82, 2.24) is 9.78 Å². The molecule has 1 aromatic carbocycles. The van der Waals surface area contributed by atoms with Gasteiger partial charge in [0, 0.05) is 29.9 Å². The third kappa shape index (κ3) is 5.61. The van der Waals surface area contributed by atoms with Crippen LogP contribution in [0.1, 0.15) is 13.3 Å². The van der Waals surface area contributed by atoms with Gasteiger partial charge in [0.15, 0.2) is 0 Å². The van der Waals surface area contributed by atoms with Crippen LogP contribution < -0.4 is 15.2 Å². The molecule has 1 aromatic heterocycles. The van der Waals surface area contributed by atoms with Gasteiger partial charge in [-0.25, -0.2) is 0 Å². The molecule has 2 rings (SSSR count). The maximum Gasteiger partial charge on any atom is 0.573 e. The fourth-order valence-corrected chi connectivity index (χ4v) is 2.03. The fourth-order valence-electron chi connectivity index (χ4n) is 2.03. The number of nitrogens with two attached hydrogens (primary N) is 1. The van der Waals surface area contributed by atoms with Gasteiger partial charge in [0.05, 0.1) is 19.3 Å². The van der Waals surface area contributed by atoms with Gasteiger partial charge in [-0.05, 0) is 18.6 Å². The first-order chi connectivity index (χ1) is 10.9. The van der Waals surface area contributed by atoms with Crippen molar-refractivity contribution in [3.05, 3.63) is 30.6 Å². The van der Waals surface area contributed by atoms with Gasteiger partial charge in [-0.1, -0.05) is 6.92 Å². The maximum absolute atomic E-state index is 12.3. The Labute approximate surface area is 144 Å². The van der Waals surface area contributed by atoms with Crippen LogP contribution in [0, 0.1) is 0 Å². The van der Waals surface area contributed by atoms with Crippen LogP contribution in [0.25, 0.3) is 11.1 Å². The predicted octanol–water partition coefficient (Wildman–Crippen LogP) is 3.62. The minimum Gasteiger partial charge on any atom is -0.493 e. The van der Waals surface area contributed by atoms with Crippen LogP contribution in [0.2, 0.25) is 0 Å². The molecule has 0 radical (unpaired) electrons. The van der Waals surface area contributed by atoms with Crippen LogP contribution in [-0.4, -0.2) is 29.3 Å². The van der Waals surface area contributed by atoms with E-state index in [1.54, 1.807) is 17.1 Å². The lowest BCUT2D eigenvalue weighted by molar-refractivity contribution is -0.274. The summed E-state index contributed by atoms with van der Waals surface area (Å²) in [5, 5.41) is 4.16. The van der Waals surface area contributed by atoms with E-state index in [4.69, 9.17) is 10.5 Å². The summed E-state index contributed by atoms with van der Waals surface area (Å²) in [6, 6.07) is 4.01. The number of hydrogen-bond acceptors (Lipinski definition) is 4. The van der Waals surface area contributed by atoms with Gasteiger partial charge in [0.25, 0.3) is 0 Å². The number of ether oxygens (including phenoxy) is 2. The smallest absolute Gasteiger partial charge is 0.493 e. The van der Waals surface area contributed by atoms with Gasteiger partial charge in [0.1, 0.15) is 11.5 Å². The van der Waals surface area contributed by atoms with Gasteiger partial charge in [-0.15, -0.1) is 25.6 Å². The summed E-state index contributed by atoms with van der Waals surface area (Å²) in [7, 11) is 0. The van der Waals surface area contributed by atoms with E-state index >= 15 is 0 Å². The second-order valence-electron chi connectivity index (χ2n) is 4.83. The Kier molecular flexibility index (Phi) is 7.37. The quantitative estimate of drug-likeness (QED) is 0.814. The van der Waals surface area contributed by atoms with E-state index in [-0.39, 0.29) is 18.2 Å². The Morgan fingerprint density at radius 1 is 1.29 bits per heavy atom. The van der Waals surface area contributed by atoms with Crippen LogP contribution in [0.3, 0.4) is 0 Å². The zero-order valence-electron chi connectivity index (χ0n) is 13.0. The van der Waals surface area contributed by atoms with Gasteiger partial charge in [-0.3, -0.25) is 4.68 Å². The van der Waals surface area contributed by atoms with Gasteiger partial charge in [0.2, 0.25) is 0 Å². The molecule has 5 nitrogen and oxygen atoms in total. The van der Waals surface area contributed by atoms with E-state index in [0.29, 0.717) is 31.0 Å². The van der Waals surface area contributed by atoms with Crippen molar-refractivity contribution in [2.24, 2.45) is 5.73 Å². The van der Waals surface area contributed by atoms with Gasteiger partial charge >= 0.3 is 6.36 Å². The molecule has 0 amide bonds. The van der Waals surface area contributed by atoms with Crippen molar-refractivity contribution in [3.63, 3.8) is 0 Å². The Morgan fingerprint density at radius 2 is 2.04 bits per heavy atom. The summed E-state index contributed by atoms with van der Waals surface area (Å²) in [6.45, 7) is 3.30. The molecule has 2 aromatic rings. The van der Waals surface area contributed by atoms with Crippen molar-refractivity contribution < 1.29 is 22.6 Å². The topological polar surface area (TPSA) is 62.3 Å². The minimum absolute atomic E-state index is 0. The molecule has 0 fully saturated rings. The Morgan fingerprint density at radius 3 is 2.67 bits per heavy atom. The van der Waals surface area contributed by atoms with Gasteiger partial charge in [-0.2, -0.15) is 5.10 Å². The number of aromatic nitrogens is 2. The first-order valence-corrected chi connectivity index (χ1v) is 7.18. The van der Waals surface area contributed by atoms with Crippen molar-refractivity contribution in [2.45, 2.75) is 26.3 Å². The normalized spacial score (nSPS) is 11.0. The molecule has 0 unspecified atom stereocenters. The molecule has 0 aliphatic carbocycles. The molecule has 1 heterocycles. The highest BCUT2D eigenvalue weighted by atomic mass is 35.5. The average Bonchev–Trinajstić information content (AvgIpc) is 2.92. The molecule has 0 bridgehead atoms. The van der Waals surface area contributed by atoms with E-state index in [9.17, 15) is 13.2 Å². The molecule has 0 saturated carbocycles. The fraction of sp³-hybridized carbons (Fsp3) is 0.400. The van der Waals surface area contributed by atoms with Crippen LogP contribution >= 0.6 is 12.4 Å². The average molecular weight is 366 g/mol. The number of halogens is 4. The largest absolute Gasteiger partial charge is 0.573 e. The molecule has 0 spiro atoms. The second kappa shape index (κ2) is 8.79. The summed E-state index contributed by atoms with van der Waals surface area (Å²) in [5.74, 6) is 0.00241. The first-order valence-electron chi connectivity index (χ1n) is 7.18. The molecule has 134 valence electrons. The molecular formula is C15H19ClF3N3O2. The second-order valence-corrected chi connectivity index (χ2v) is 4.83. The number of nitrogens with zero attached hydrogens (tertiary/aromatic N) is 2. The third-order valence-corrected chi connectivity index (χ3v) is 2.95. The highest BCUT2D eigenvalue weighted by Crippen LogP contribution is 2.35. The monoisotopic (exact) mass is 365 g/mol. The van der Waals surface area contributed by atoms with E-state index in [1.807, 2.05) is 6.92 Å². The minimum atomic E-state index is -4.74. The Hall–Kier alpha value is -1.93. The standard InChI is InChI=1S/C15H18F3N3O2.ClH/c1-2-7-22-14-8-12(23-15(16,17)18)3-4-13(14)11-9-20-21(10-11)6-5-19;/h3-4,8-10H,2,5-7,19H2,1H3;1H.